The monoisotopic (exact) mass is 396 g/mol. The van der Waals surface area contributed by atoms with Crippen molar-refractivity contribution in [3.8, 4) is 0 Å². The van der Waals surface area contributed by atoms with E-state index < -0.39 is 6.04 Å². The molecule has 1 N–H and O–H groups in total. The van der Waals surface area contributed by atoms with Crippen molar-refractivity contribution in [2.75, 3.05) is 10.2 Å². The minimum atomic E-state index is -0.587. The molecule has 1 aliphatic carbocycles. The Labute approximate surface area is 154 Å². The maximum atomic E-state index is 13.4. The van der Waals surface area contributed by atoms with Crippen molar-refractivity contribution in [3.05, 3.63) is 63.6 Å². The molecule has 1 aliphatic heterocycles. The van der Waals surface area contributed by atoms with Crippen LogP contribution in [0, 0.1) is 0 Å². The number of amides is 1. The van der Waals surface area contributed by atoms with E-state index >= 15 is 0 Å². The Balaban J connectivity index is 1.94. The highest BCUT2D eigenvalue weighted by molar-refractivity contribution is 9.10. The number of rotatable bonds is 3. The van der Waals surface area contributed by atoms with Gasteiger partial charge in [-0.15, -0.1) is 0 Å². The zero-order chi connectivity index (χ0) is 17.7. The van der Waals surface area contributed by atoms with Crippen molar-refractivity contribution in [1.82, 2.24) is 0 Å². The number of Topliss-reactive ketones (excluding diaryl/α,β-unsaturated/α-hetero) is 1. The smallest absolute Gasteiger partial charge is 0.262 e. The van der Waals surface area contributed by atoms with E-state index in [1.54, 1.807) is 4.90 Å². The standard InChI is InChI=1S/C20H17BrN2O2/c1-11(2)22-15-8-6-12-7-9-16-19(24)17(12)18(15)20(25)23(16)14-5-3-4-13(21)10-14/h3-11,16,22H,1-2H3. The molecule has 0 saturated heterocycles. The minimum Gasteiger partial charge on any atom is -0.382 e. The number of nitrogens with zero attached hydrogens (tertiary/aromatic N) is 1. The van der Waals surface area contributed by atoms with Crippen LogP contribution in [0.1, 0.15) is 40.1 Å². The Morgan fingerprint density at radius 1 is 1.12 bits per heavy atom. The second kappa shape index (κ2) is 5.85. The summed E-state index contributed by atoms with van der Waals surface area (Å²) in [6, 6.07) is 10.8. The van der Waals surface area contributed by atoms with Crippen LogP contribution in [0.2, 0.25) is 0 Å². The van der Waals surface area contributed by atoms with Crippen molar-refractivity contribution in [3.63, 3.8) is 0 Å². The SMILES string of the molecule is CC(C)Nc1ccc2c3c1C(=O)N(c1cccc(Br)c1)C(C=C2)C3=O. The Kier molecular flexibility index (Phi) is 3.76. The predicted molar refractivity (Wildman–Crippen MR) is 103 cm³/mol. The van der Waals surface area contributed by atoms with E-state index in [0.29, 0.717) is 22.5 Å². The van der Waals surface area contributed by atoms with Gasteiger partial charge in [0.05, 0.1) is 5.56 Å². The van der Waals surface area contributed by atoms with Crippen molar-refractivity contribution >= 4 is 45.1 Å². The molecule has 1 atom stereocenters. The van der Waals surface area contributed by atoms with Crippen LogP contribution in [-0.4, -0.2) is 23.8 Å². The van der Waals surface area contributed by atoms with E-state index in [2.05, 4.69) is 21.2 Å². The zero-order valence-corrected chi connectivity index (χ0v) is 15.5. The molecule has 0 spiro atoms. The van der Waals surface area contributed by atoms with Gasteiger partial charge in [0.2, 0.25) is 0 Å². The van der Waals surface area contributed by atoms with Gasteiger partial charge in [-0.1, -0.05) is 40.2 Å². The molecule has 126 valence electrons. The number of benzene rings is 2. The van der Waals surface area contributed by atoms with E-state index in [4.69, 9.17) is 0 Å². The molecule has 4 rings (SSSR count). The highest BCUT2D eigenvalue weighted by Gasteiger charge is 2.42. The quantitative estimate of drug-likeness (QED) is 0.829. The van der Waals surface area contributed by atoms with Gasteiger partial charge in [-0.2, -0.15) is 0 Å². The minimum absolute atomic E-state index is 0.0283. The molecular formula is C20H17BrN2O2. The van der Waals surface area contributed by atoms with Crippen LogP contribution >= 0.6 is 15.9 Å². The molecule has 4 nitrogen and oxygen atoms in total. The van der Waals surface area contributed by atoms with Crippen LogP contribution < -0.4 is 10.2 Å². The van der Waals surface area contributed by atoms with E-state index in [1.807, 2.05) is 62.4 Å². The molecule has 1 unspecified atom stereocenters. The fraction of sp³-hybridized carbons (Fsp3) is 0.200. The van der Waals surface area contributed by atoms with Gasteiger partial charge >= 0.3 is 0 Å². The summed E-state index contributed by atoms with van der Waals surface area (Å²) in [6.07, 6.45) is 3.74. The second-order valence-corrected chi connectivity index (χ2v) is 7.49. The van der Waals surface area contributed by atoms with Crippen molar-refractivity contribution < 1.29 is 9.59 Å². The third-order valence-corrected chi connectivity index (χ3v) is 4.95. The normalized spacial score (nSPS) is 18.1. The number of fused-ring (bicyclic) bond motifs is 1. The molecule has 0 aromatic heterocycles. The molecule has 2 aromatic rings. The van der Waals surface area contributed by atoms with Crippen LogP contribution in [0.4, 0.5) is 11.4 Å². The molecule has 25 heavy (non-hydrogen) atoms. The lowest BCUT2D eigenvalue weighted by molar-refractivity contribution is 0.0885. The van der Waals surface area contributed by atoms with Crippen LogP contribution in [0.3, 0.4) is 0 Å². The molecule has 0 fully saturated rings. The van der Waals surface area contributed by atoms with Crippen LogP contribution in [0.5, 0.6) is 0 Å². The van der Waals surface area contributed by atoms with Gasteiger partial charge in [-0.3, -0.25) is 14.5 Å². The van der Waals surface area contributed by atoms with Gasteiger partial charge in [0, 0.05) is 27.5 Å². The molecule has 2 aliphatic rings. The van der Waals surface area contributed by atoms with Gasteiger partial charge in [0.1, 0.15) is 6.04 Å². The Bertz CT molecular complexity index is 933. The lowest BCUT2D eigenvalue weighted by atomic mass is 9.83. The number of hydrogen-bond donors (Lipinski definition) is 1. The Hall–Kier alpha value is -2.40. The number of hydrogen-bond acceptors (Lipinski definition) is 3. The third-order valence-electron chi connectivity index (χ3n) is 4.45. The number of carbonyl (C=O) groups is 2. The number of nitrogens with one attached hydrogen (secondary N) is 1. The fourth-order valence-corrected chi connectivity index (χ4v) is 3.85. The van der Waals surface area contributed by atoms with E-state index in [1.165, 1.54) is 0 Å². The largest absolute Gasteiger partial charge is 0.382 e. The average Bonchev–Trinajstić information content (AvgIpc) is 2.55. The molecule has 5 heteroatoms. The van der Waals surface area contributed by atoms with Crippen LogP contribution in [0.25, 0.3) is 6.08 Å². The van der Waals surface area contributed by atoms with Crippen molar-refractivity contribution in [2.24, 2.45) is 0 Å². The Morgan fingerprint density at radius 3 is 2.64 bits per heavy atom. The summed E-state index contributed by atoms with van der Waals surface area (Å²) in [6.45, 7) is 4.02. The maximum absolute atomic E-state index is 13.4. The summed E-state index contributed by atoms with van der Waals surface area (Å²) in [5.41, 5.74) is 3.23. The number of halogens is 1. The fourth-order valence-electron chi connectivity index (χ4n) is 3.46. The first-order valence-electron chi connectivity index (χ1n) is 8.22. The van der Waals surface area contributed by atoms with Gasteiger partial charge in [-0.25, -0.2) is 0 Å². The van der Waals surface area contributed by atoms with E-state index in [9.17, 15) is 9.59 Å². The van der Waals surface area contributed by atoms with Crippen LogP contribution in [0.15, 0.2) is 46.9 Å². The van der Waals surface area contributed by atoms with Crippen molar-refractivity contribution in [2.45, 2.75) is 25.9 Å². The second-order valence-electron chi connectivity index (χ2n) is 6.57. The molecular weight excluding hydrogens is 380 g/mol. The summed E-state index contributed by atoms with van der Waals surface area (Å²) in [7, 11) is 0. The van der Waals surface area contributed by atoms with Crippen molar-refractivity contribution in [1.29, 1.82) is 0 Å². The van der Waals surface area contributed by atoms with Crippen LogP contribution in [-0.2, 0) is 0 Å². The van der Waals surface area contributed by atoms with Gasteiger partial charge in [0.15, 0.2) is 5.78 Å². The zero-order valence-electron chi connectivity index (χ0n) is 13.9. The highest BCUT2D eigenvalue weighted by Crippen LogP contribution is 2.38. The summed E-state index contributed by atoms with van der Waals surface area (Å²) in [4.78, 5) is 28.0. The maximum Gasteiger partial charge on any atom is 0.262 e. The number of carbonyl (C=O) groups excluding carboxylic acids is 2. The lowest BCUT2D eigenvalue weighted by Gasteiger charge is -2.37. The summed E-state index contributed by atoms with van der Waals surface area (Å²) < 4.78 is 0.866. The molecule has 2 bridgehead atoms. The predicted octanol–water partition coefficient (Wildman–Crippen LogP) is 4.51. The van der Waals surface area contributed by atoms with Gasteiger partial charge in [-0.05, 0) is 43.7 Å². The first-order chi connectivity index (χ1) is 12.0. The summed E-state index contributed by atoms with van der Waals surface area (Å²) >= 11 is 3.44. The Morgan fingerprint density at radius 2 is 1.92 bits per heavy atom. The molecule has 1 heterocycles. The lowest BCUT2D eigenvalue weighted by Crippen LogP contribution is -2.50. The highest BCUT2D eigenvalue weighted by atomic mass is 79.9. The molecule has 0 saturated carbocycles. The summed E-state index contributed by atoms with van der Waals surface area (Å²) in [5, 5.41) is 3.30. The van der Waals surface area contributed by atoms with E-state index in [-0.39, 0.29) is 17.7 Å². The van der Waals surface area contributed by atoms with Gasteiger partial charge in [0.25, 0.3) is 5.91 Å². The van der Waals surface area contributed by atoms with Gasteiger partial charge < -0.3 is 5.32 Å². The third kappa shape index (κ3) is 2.50. The topological polar surface area (TPSA) is 49.4 Å². The molecule has 1 amide bonds. The molecule has 0 radical (unpaired) electrons. The number of ketones is 1. The van der Waals surface area contributed by atoms with E-state index in [0.717, 1.165) is 10.0 Å². The molecule has 2 aromatic carbocycles. The average molecular weight is 397 g/mol. The number of anilines is 2. The summed E-state index contributed by atoms with van der Waals surface area (Å²) in [5.74, 6) is -0.175. The first-order valence-corrected chi connectivity index (χ1v) is 9.02. The first kappa shape index (κ1) is 16.1.